The van der Waals surface area contributed by atoms with Gasteiger partial charge in [-0.05, 0) is 24.6 Å². The first kappa shape index (κ1) is 14.7. The van der Waals surface area contributed by atoms with E-state index < -0.39 is 12.2 Å². The van der Waals surface area contributed by atoms with Gasteiger partial charge in [0.15, 0.2) is 0 Å². The number of aliphatic hydroxyl groups excluding tert-OH is 1. The Morgan fingerprint density at radius 3 is 2.78 bits per heavy atom. The molecule has 0 radical (unpaired) electrons. The topological polar surface area (TPSA) is 69.6 Å². The van der Waals surface area contributed by atoms with E-state index in [4.69, 9.17) is 16.7 Å². The summed E-state index contributed by atoms with van der Waals surface area (Å²) in [5, 5.41) is 21.3. The molecule has 0 bridgehead atoms. The van der Waals surface area contributed by atoms with E-state index in [2.05, 4.69) is 5.32 Å². The number of hydrogen-bond donors (Lipinski definition) is 3. The molecular weight excluding hydrogens is 254 g/mol. The van der Waals surface area contributed by atoms with E-state index in [1.54, 1.807) is 24.3 Å². The number of hydrogen-bond acceptors (Lipinski definition) is 3. The van der Waals surface area contributed by atoms with Crippen molar-refractivity contribution < 1.29 is 15.0 Å². The predicted molar refractivity (Wildman–Crippen MR) is 71.2 cm³/mol. The number of carbonyl (C=O) groups is 1. The van der Waals surface area contributed by atoms with E-state index in [0.29, 0.717) is 5.02 Å². The average Bonchev–Trinajstić information content (AvgIpc) is 2.35. The van der Waals surface area contributed by atoms with E-state index in [0.717, 1.165) is 5.56 Å². The third kappa shape index (κ3) is 4.87. The van der Waals surface area contributed by atoms with Crippen LogP contribution in [0.3, 0.4) is 0 Å². The number of amides is 1. The van der Waals surface area contributed by atoms with Gasteiger partial charge in [0.25, 0.3) is 0 Å². The third-order valence-corrected chi connectivity index (χ3v) is 2.65. The van der Waals surface area contributed by atoms with Crippen LogP contribution < -0.4 is 5.32 Å². The molecule has 0 aromatic heterocycles. The summed E-state index contributed by atoms with van der Waals surface area (Å²) < 4.78 is 0. The van der Waals surface area contributed by atoms with Gasteiger partial charge in [0.2, 0.25) is 5.91 Å². The minimum absolute atomic E-state index is 0.0187. The van der Waals surface area contributed by atoms with Gasteiger partial charge in [-0.25, -0.2) is 0 Å². The van der Waals surface area contributed by atoms with Crippen molar-refractivity contribution >= 4 is 23.6 Å². The molecule has 0 spiro atoms. The van der Waals surface area contributed by atoms with Crippen LogP contribution in [0.25, 0.3) is 6.08 Å². The molecule has 1 amide bonds. The number of halogens is 1. The molecule has 0 aliphatic carbocycles. The van der Waals surface area contributed by atoms with Gasteiger partial charge in [0.1, 0.15) is 5.60 Å². The van der Waals surface area contributed by atoms with Crippen molar-refractivity contribution in [1.29, 1.82) is 0 Å². The Bertz CT molecular complexity index is 444. The van der Waals surface area contributed by atoms with E-state index in [1.165, 1.54) is 13.0 Å². The monoisotopic (exact) mass is 269 g/mol. The van der Waals surface area contributed by atoms with Crippen molar-refractivity contribution in [3.8, 4) is 0 Å². The molecule has 0 saturated heterocycles. The van der Waals surface area contributed by atoms with Crippen LogP contribution >= 0.6 is 11.6 Å². The first-order valence-corrected chi connectivity index (χ1v) is 5.86. The highest BCUT2D eigenvalue weighted by Gasteiger charge is 2.18. The van der Waals surface area contributed by atoms with Crippen LogP contribution in [0.4, 0.5) is 0 Å². The molecule has 0 aliphatic rings. The van der Waals surface area contributed by atoms with Crippen LogP contribution in [-0.4, -0.2) is 34.9 Å². The normalized spacial score (nSPS) is 14.4. The molecule has 0 heterocycles. The Kier molecular flexibility index (Phi) is 5.34. The Morgan fingerprint density at radius 2 is 2.17 bits per heavy atom. The van der Waals surface area contributed by atoms with Crippen molar-refractivity contribution in [2.24, 2.45) is 0 Å². The minimum Gasteiger partial charge on any atom is -0.393 e. The van der Waals surface area contributed by atoms with Crippen molar-refractivity contribution in [1.82, 2.24) is 5.32 Å². The molecule has 1 aromatic rings. The predicted octanol–water partition coefficient (Wildman–Crippen LogP) is 1.21. The average molecular weight is 270 g/mol. The summed E-state index contributed by atoms with van der Waals surface area (Å²) in [6.07, 6.45) is 2.92. The molecule has 98 valence electrons. The van der Waals surface area contributed by atoms with Crippen LogP contribution in [0.2, 0.25) is 5.02 Å². The number of nitrogens with one attached hydrogen (secondary N) is 1. The van der Waals surface area contributed by atoms with Gasteiger partial charge in [-0.15, -0.1) is 0 Å². The van der Waals surface area contributed by atoms with Crippen molar-refractivity contribution in [2.75, 3.05) is 13.2 Å². The van der Waals surface area contributed by atoms with Gasteiger partial charge >= 0.3 is 0 Å². The number of aliphatic hydroxyl groups is 2. The van der Waals surface area contributed by atoms with E-state index in [1.807, 2.05) is 6.07 Å². The van der Waals surface area contributed by atoms with Crippen molar-refractivity contribution in [2.45, 2.75) is 12.5 Å². The van der Waals surface area contributed by atoms with Crippen LogP contribution in [0.5, 0.6) is 0 Å². The first-order chi connectivity index (χ1) is 8.44. The molecule has 1 rings (SSSR count). The standard InChI is InChI=1S/C13H16ClNO3/c1-13(18,9-16)8-15-12(17)7-6-10-4-2-3-5-11(10)14/h2-7,16,18H,8-9H2,1H3,(H,15,17). The fourth-order valence-electron chi connectivity index (χ4n) is 1.17. The van der Waals surface area contributed by atoms with Crippen LogP contribution in [0.1, 0.15) is 12.5 Å². The van der Waals surface area contributed by atoms with Crippen LogP contribution in [0.15, 0.2) is 30.3 Å². The largest absolute Gasteiger partial charge is 0.393 e. The SMILES string of the molecule is CC(O)(CO)CNC(=O)C=Cc1ccccc1Cl. The molecule has 1 atom stereocenters. The Hall–Kier alpha value is -1.36. The molecular formula is C13H16ClNO3. The van der Waals surface area contributed by atoms with E-state index >= 15 is 0 Å². The lowest BCUT2D eigenvalue weighted by Crippen LogP contribution is -2.42. The van der Waals surface area contributed by atoms with Gasteiger partial charge in [-0.1, -0.05) is 29.8 Å². The zero-order valence-electron chi connectivity index (χ0n) is 10.1. The summed E-state index contributed by atoms with van der Waals surface area (Å²) in [5.41, 5.74) is -0.573. The maximum Gasteiger partial charge on any atom is 0.244 e. The Balaban J connectivity index is 2.53. The molecule has 18 heavy (non-hydrogen) atoms. The summed E-state index contributed by atoms with van der Waals surface area (Å²) in [4.78, 5) is 11.5. The number of carbonyl (C=O) groups excluding carboxylic acids is 1. The summed E-state index contributed by atoms with van der Waals surface area (Å²) in [5.74, 6) is -0.358. The van der Waals surface area contributed by atoms with Gasteiger partial charge in [-0.3, -0.25) is 4.79 Å². The lowest BCUT2D eigenvalue weighted by atomic mass is 10.1. The molecule has 4 nitrogen and oxygen atoms in total. The fourth-order valence-corrected chi connectivity index (χ4v) is 1.37. The Labute approximate surface area is 111 Å². The smallest absolute Gasteiger partial charge is 0.244 e. The minimum atomic E-state index is -1.31. The summed E-state index contributed by atoms with van der Waals surface area (Å²) >= 11 is 5.92. The van der Waals surface area contributed by atoms with Gasteiger partial charge in [0.05, 0.1) is 6.61 Å². The van der Waals surface area contributed by atoms with Gasteiger partial charge in [-0.2, -0.15) is 0 Å². The summed E-state index contributed by atoms with van der Waals surface area (Å²) in [6, 6.07) is 7.14. The van der Waals surface area contributed by atoms with Gasteiger partial charge < -0.3 is 15.5 Å². The second-order valence-electron chi connectivity index (χ2n) is 4.23. The highest BCUT2D eigenvalue weighted by atomic mass is 35.5. The molecule has 0 aliphatic heterocycles. The van der Waals surface area contributed by atoms with Crippen LogP contribution in [0, 0.1) is 0 Å². The zero-order valence-corrected chi connectivity index (χ0v) is 10.8. The summed E-state index contributed by atoms with van der Waals surface area (Å²) in [7, 11) is 0. The lowest BCUT2D eigenvalue weighted by Gasteiger charge is -2.19. The molecule has 5 heteroatoms. The number of benzene rings is 1. The highest BCUT2D eigenvalue weighted by molar-refractivity contribution is 6.32. The molecule has 0 saturated carbocycles. The molecule has 1 aromatic carbocycles. The zero-order chi connectivity index (χ0) is 13.6. The van der Waals surface area contributed by atoms with Gasteiger partial charge in [0, 0.05) is 17.6 Å². The second kappa shape index (κ2) is 6.54. The maximum atomic E-state index is 11.5. The first-order valence-electron chi connectivity index (χ1n) is 5.48. The van der Waals surface area contributed by atoms with Crippen molar-refractivity contribution in [3.05, 3.63) is 40.9 Å². The maximum absolute atomic E-state index is 11.5. The van der Waals surface area contributed by atoms with Crippen molar-refractivity contribution in [3.63, 3.8) is 0 Å². The fraction of sp³-hybridized carbons (Fsp3) is 0.308. The lowest BCUT2D eigenvalue weighted by molar-refractivity contribution is -0.117. The second-order valence-corrected chi connectivity index (χ2v) is 4.63. The summed E-state index contributed by atoms with van der Waals surface area (Å²) in [6.45, 7) is 1.00. The molecule has 1 unspecified atom stereocenters. The molecule has 3 N–H and O–H groups in total. The molecule has 0 fully saturated rings. The van der Waals surface area contributed by atoms with Crippen LogP contribution in [-0.2, 0) is 4.79 Å². The van der Waals surface area contributed by atoms with E-state index in [9.17, 15) is 9.90 Å². The third-order valence-electron chi connectivity index (χ3n) is 2.30. The highest BCUT2D eigenvalue weighted by Crippen LogP contribution is 2.15. The quantitative estimate of drug-likeness (QED) is 0.704. The number of rotatable bonds is 5. The van der Waals surface area contributed by atoms with E-state index in [-0.39, 0.29) is 12.5 Å². The Morgan fingerprint density at radius 1 is 1.50 bits per heavy atom.